The Bertz CT molecular complexity index is 737. The van der Waals surface area contributed by atoms with Crippen LogP contribution in [0.4, 0.5) is 0 Å². The summed E-state index contributed by atoms with van der Waals surface area (Å²) in [6.07, 6.45) is 3.44. The zero-order chi connectivity index (χ0) is 21.2. The summed E-state index contributed by atoms with van der Waals surface area (Å²) in [4.78, 5) is 0. The van der Waals surface area contributed by atoms with Gasteiger partial charge in [0.15, 0.2) is 0 Å². The largest absolute Gasteiger partial charge is 0.507 e. The van der Waals surface area contributed by atoms with Crippen molar-refractivity contribution in [2.75, 3.05) is 0 Å². The van der Waals surface area contributed by atoms with Gasteiger partial charge in [0.2, 0.25) is 0 Å². The zero-order valence-corrected chi connectivity index (χ0v) is 18.5. The Morgan fingerprint density at radius 2 is 1.70 bits per heavy atom. The van der Waals surface area contributed by atoms with E-state index in [0.29, 0.717) is 11.3 Å². The SMILES string of the molecule is C=C/C(=C(/O)C(=C)C(CCC)c1cc(C)cc(C(C)(C)C)c1O)C(C)(C)C. The summed E-state index contributed by atoms with van der Waals surface area (Å²) >= 11 is 0. The molecular formula is C25H38O2. The number of benzene rings is 1. The molecule has 27 heavy (non-hydrogen) atoms. The van der Waals surface area contributed by atoms with Crippen molar-refractivity contribution in [3.05, 3.63) is 65.0 Å². The molecule has 150 valence electrons. The topological polar surface area (TPSA) is 40.5 Å². The molecule has 1 atom stereocenters. The lowest BCUT2D eigenvalue weighted by atomic mass is 9.77. The lowest BCUT2D eigenvalue weighted by molar-refractivity contribution is 0.379. The van der Waals surface area contributed by atoms with E-state index in [1.165, 1.54) is 0 Å². The highest BCUT2D eigenvalue weighted by Crippen LogP contribution is 2.43. The van der Waals surface area contributed by atoms with Crippen molar-refractivity contribution >= 4 is 0 Å². The monoisotopic (exact) mass is 370 g/mol. The Kier molecular flexibility index (Phi) is 7.16. The summed E-state index contributed by atoms with van der Waals surface area (Å²) < 4.78 is 0. The number of rotatable bonds is 6. The minimum Gasteiger partial charge on any atom is -0.507 e. The fourth-order valence-electron chi connectivity index (χ4n) is 3.55. The molecule has 0 fully saturated rings. The van der Waals surface area contributed by atoms with E-state index < -0.39 is 0 Å². The van der Waals surface area contributed by atoms with Gasteiger partial charge in [-0.05, 0) is 40.9 Å². The van der Waals surface area contributed by atoms with Crippen LogP contribution < -0.4 is 0 Å². The zero-order valence-electron chi connectivity index (χ0n) is 18.5. The number of phenolic OH excluding ortho intramolecular Hbond substituents is 1. The van der Waals surface area contributed by atoms with Crippen LogP contribution in [-0.4, -0.2) is 10.2 Å². The number of allylic oxidation sites excluding steroid dienone is 3. The van der Waals surface area contributed by atoms with Gasteiger partial charge in [0.25, 0.3) is 0 Å². The van der Waals surface area contributed by atoms with Crippen LogP contribution in [0.5, 0.6) is 5.75 Å². The maximum Gasteiger partial charge on any atom is 0.123 e. The minimum absolute atomic E-state index is 0.145. The molecule has 0 aliphatic heterocycles. The van der Waals surface area contributed by atoms with Crippen LogP contribution in [0.25, 0.3) is 0 Å². The molecule has 0 radical (unpaired) electrons. The molecule has 1 unspecified atom stereocenters. The summed E-state index contributed by atoms with van der Waals surface area (Å²) in [5.41, 5.74) is 3.88. The Morgan fingerprint density at radius 3 is 2.11 bits per heavy atom. The first-order valence-corrected chi connectivity index (χ1v) is 9.85. The van der Waals surface area contributed by atoms with Crippen LogP contribution in [0, 0.1) is 12.3 Å². The molecule has 1 aromatic rings. The Labute approximate surface area is 166 Å². The first kappa shape index (κ1) is 23.1. The van der Waals surface area contributed by atoms with Gasteiger partial charge in [-0.2, -0.15) is 0 Å². The summed E-state index contributed by atoms with van der Waals surface area (Å²) in [6.45, 7) is 24.7. The molecule has 1 rings (SSSR count). The van der Waals surface area contributed by atoms with E-state index in [9.17, 15) is 10.2 Å². The summed E-state index contributed by atoms with van der Waals surface area (Å²) in [6, 6.07) is 4.07. The number of hydrogen-bond acceptors (Lipinski definition) is 2. The van der Waals surface area contributed by atoms with Gasteiger partial charge < -0.3 is 10.2 Å². The second kappa shape index (κ2) is 8.37. The van der Waals surface area contributed by atoms with Gasteiger partial charge in [-0.25, -0.2) is 0 Å². The third-order valence-electron chi connectivity index (χ3n) is 5.04. The van der Waals surface area contributed by atoms with E-state index in [2.05, 4.69) is 40.9 Å². The van der Waals surface area contributed by atoms with Crippen LogP contribution >= 0.6 is 0 Å². The maximum absolute atomic E-state index is 11.1. The molecule has 0 amide bonds. The van der Waals surface area contributed by atoms with Crippen molar-refractivity contribution in [2.24, 2.45) is 5.41 Å². The van der Waals surface area contributed by atoms with Gasteiger partial charge >= 0.3 is 0 Å². The van der Waals surface area contributed by atoms with E-state index in [4.69, 9.17) is 0 Å². The average Bonchev–Trinajstić information content (AvgIpc) is 2.52. The Hall–Kier alpha value is -1.96. The van der Waals surface area contributed by atoms with Crippen LogP contribution in [-0.2, 0) is 5.41 Å². The molecule has 0 aliphatic rings. The molecule has 0 bridgehead atoms. The normalized spacial score (nSPS) is 14.5. The van der Waals surface area contributed by atoms with Gasteiger partial charge in [-0.1, -0.05) is 91.8 Å². The van der Waals surface area contributed by atoms with Gasteiger partial charge in [0, 0.05) is 11.5 Å². The average molecular weight is 371 g/mol. The summed E-state index contributed by atoms with van der Waals surface area (Å²) in [5, 5.41) is 22.1. The van der Waals surface area contributed by atoms with Crippen molar-refractivity contribution in [3.8, 4) is 5.75 Å². The fraction of sp³-hybridized carbons (Fsp3) is 0.520. The Balaban J connectivity index is 3.64. The minimum atomic E-state index is -0.239. The molecule has 0 spiro atoms. The molecule has 2 heteroatoms. The quantitative estimate of drug-likeness (QED) is 0.402. The standard InChI is InChI=1S/C25H38O2/c1-11-13-18(17(4)22(26)20(12-2)24(5,6)7)19-14-16(3)15-21(23(19)27)25(8,9)10/h12,14-15,18,26-27H,2,4,11,13H2,1,3,5-10H3/b22-20-. The molecule has 1 aromatic carbocycles. The number of aromatic hydroxyl groups is 1. The van der Waals surface area contributed by atoms with Crippen molar-refractivity contribution in [3.63, 3.8) is 0 Å². The van der Waals surface area contributed by atoms with Gasteiger partial charge in [-0.15, -0.1) is 0 Å². The number of aliphatic hydroxyl groups is 1. The molecule has 2 nitrogen and oxygen atoms in total. The lowest BCUT2D eigenvalue weighted by Crippen LogP contribution is -2.16. The van der Waals surface area contributed by atoms with Gasteiger partial charge in [0.05, 0.1) is 0 Å². The smallest absolute Gasteiger partial charge is 0.123 e. The fourth-order valence-corrected chi connectivity index (χ4v) is 3.55. The molecule has 2 N–H and O–H groups in total. The number of aryl methyl sites for hydroxylation is 1. The number of hydrogen-bond donors (Lipinski definition) is 2. The van der Waals surface area contributed by atoms with Crippen LogP contribution in [0.15, 0.2) is 48.3 Å². The van der Waals surface area contributed by atoms with Crippen molar-refractivity contribution < 1.29 is 10.2 Å². The Morgan fingerprint density at radius 1 is 1.15 bits per heavy atom. The number of aliphatic hydroxyl groups excluding tert-OH is 1. The van der Waals surface area contributed by atoms with Crippen molar-refractivity contribution in [1.82, 2.24) is 0 Å². The van der Waals surface area contributed by atoms with E-state index in [0.717, 1.165) is 35.1 Å². The molecule has 0 heterocycles. The van der Waals surface area contributed by atoms with Crippen LogP contribution in [0.2, 0.25) is 0 Å². The highest BCUT2D eigenvalue weighted by atomic mass is 16.3. The third kappa shape index (κ3) is 5.28. The highest BCUT2D eigenvalue weighted by molar-refractivity contribution is 5.53. The van der Waals surface area contributed by atoms with Gasteiger partial charge in [-0.3, -0.25) is 0 Å². The molecule has 0 saturated heterocycles. The van der Waals surface area contributed by atoms with Crippen molar-refractivity contribution in [2.45, 2.75) is 79.6 Å². The van der Waals surface area contributed by atoms with Gasteiger partial charge in [0.1, 0.15) is 11.5 Å². The van der Waals surface area contributed by atoms with Crippen molar-refractivity contribution in [1.29, 1.82) is 0 Å². The predicted molar refractivity (Wildman–Crippen MR) is 118 cm³/mol. The highest BCUT2D eigenvalue weighted by Gasteiger charge is 2.28. The predicted octanol–water partition coefficient (Wildman–Crippen LogP) is 7.48. The lowest BCUT2D eigenvalue weighted by Gasteiger charge is -2.29. The second-order valence-electron chi connectivity index (χ2n) is 9.58. The second-order valence-corrected chi connectivity index (χ2v) is 9.58. The molecular weight excluding hydrogens is 332 g/mol. The molecule has 0 aliphatic carbocycles. The summed E-state index contributed by atoms with van der Waals surface area (Å²) in [5.74, 6) is 0.360. The van der Waals surface area contributed by atoms with E-state index >= 15 is 0 Å². The third-order valence-corrected chi connectivity index (χ3v) is 5.04. The van der Waals surface area contributed by atoms with E-state index in [1.54, 1.807) is 6.08 Å². The summed E-state index contributed by atoms with van der Waals surface area (Å²) in [7, 11) is 0. The molecule has 0 saturated carbocycles. The number of phenols is 1. The maximum atomic E-state index is 11.1. The first-order valence-electron chi connectivity index (χ1n) is 9.85. The van der Waals surface area contributed by atoms with Crippen LogP contribution in [0.1, 0.15) is 83.9 Å². The molecule has 0 aromatic heterocycles. The van der Waals surface area contributed by atoms with E-state index in [-0.39, 0.29) is 22.5 Å². The first-order chi connectivity index (χ1) is 12.3. The van der Waals surface area contributed by atoms with Crippen LogP contribution in [0.3, 0.4) is 0 Å². The van der Waals surface area contributed by atoms with E-state index in [1.807, 2.05) is 39.8 Å².